The first-order valence-electron chi connectivity index (χ1n) is 8.98. The molecule has 1 amide bonds. The summed E-state index contributed by atoms with van der Waals surface area (Å²) in [4.78, 5) is 30.3. The van der Waals surface area contributed by atoms with Crippen LogP contribution in [0.3, 0.4) is 0 Å². The quantitative estimate of drug-likeness (QED) is 0.707. The van der Waals surface area contributed by atoms with Crippen LogP contribution in [0.2, 0.25) is 0 Å². The van der Waals surface area contributed by atoms with Crippen LogP contribution in [0.1, 0.15) is 61.9 Å². The third-order valence-electron chi connectivity index (χ3n) is 5.06. The predicted octanol–water partition coefficient (Wildman–Crippen LogP) is 1.77. The number of amides is 1. The number of carbonyl (C=O) groups is 1. The Balaban J connectivity index is 1.92. The summed E-state index contributed by atoms with van der Waals surface area (Å²) in [6.45, 7) is 3.73. The highest BCUT2D eigenvalue weighted by Gasteiger charge is 2.24. The monoisotopic (exact) mass is 335 g/mol. The van der Waals surface area contributed by atoms with Crippen molar-refractivity contribution >= 4 is 5.91 Å². The molecule has 1 fully saturated rings. The topological polar surface area (TPSA) is 95.1 Å². The van der Waals surface area contributed by atoms with E-state index in [1.54, 1.807) is 6.92 Å². The molecule has 0 aromatic carbocycles. The van der Waals surface area contributed by atoms with Gasteiger partial charge in [-0.05, 0) is 51.0 Å². The van der Waals surface area contributed by atoms with E-state index in [0.29, 0.717) is 30.9 Å². The Labute approximate surface area is 143 Å². The zero-order valence-electron chi connectivity index (χ0n) is 14.7. The fraction of sp³-hybridized carbons (Fsp3) is 0.722. The van der Waals surface area contributed by atoms with E-state index in [1.807, 2.05) is 6.92 Å². The fourth-order valence-corrected chi connectivity index (χ4v) is 3.74. The molecule has 3 N–H and O–H groups in total. The van der Waals surface area contributed by atoms with Gasteiger partial charge in [0.25, 0.3) is 0 Å². The summed E-state index contributed by atoms with van der Waals surface area (Å²) in [5, 5.41) is 12.4. The Morgan fingerprint density at radius 3 is 2.67 bits per heavy atom. The van der Waals surface area contributed by atoms with E-state index >= 15 is 0 Å². The molecule has 1 unspecified atom stereocenters. The van der Waals surface area contributed by atoms with E-state index in [-0.39, 0.29) is 24.2 Å². The van der Waals surface area contributed by atoms with Gasteiger partial charge in [-0.25, -0.2) is 4.79 Å². The van der Waals surface area contributed by atoms with Gasteiger partial charge in [-0.1, -0.05) is 19.3 Å². The van der Waals surface area contributed by atoms with E-state index in [4.69, 9.17) is 0 Å². The Bertz CT molecular complexity index is 580. The molecule has 2 rings (SSSR count). The summed E-state index contributed by atoms with van der Waals surface area (Å²) in [7, 11) is 0. The lowest BCUT2D eigenvalue weighted by molar-refractivity contribution is -0.122. The van der Waals surface area contributed by atoms with Gasteiger partial charge in [-0.15, -0.1) is 0 Å². The first kappa shape index (κ1) is 18.6. The largest absolute Gasteiger partial charge is 0.396 e. The van der Waals surface area contributed by atoms with Gasteiger partial charge >= 0.3 is 5.69 Å². The second kappa shape index (κ2) is 8.97. The van der Waals surface area contributed by atoms with Crippen LogP contribution in [0.5, 0.6) is 0 Å². The Morgan fingerprint density at radius 2 is 2.04 bits per heavy atom. The molecule has 6 heteroatoms. The van der Waals surface area contributed by atoms with E-state index in [0.717, 1.165) is 24.1 Å². The van der Waals surface area contributed by atoms with Crippen molar-refractivity contribution in [3.63, 3.8) is 0 Å². The Kier molecular flexibility index (Phi) is 6.97. The van der Waals surface area contributed by atoms with Gasteiger partial charge < -0.3 is 15.4 Å². The average molecular weight is 335 g/mol. The predicted molar refractivity (Wildman–Crippen MR) is 92.9 cm³/mol. The van der Waals surface area contributed by atoms with Gasteiger partial charge in [0.1, 0.15) is 0 Å². The maximum atomic E-state index is 12.3. The van der Waals surface area contributed by atoms with E-state index < -0.39 is 0 Å². The minimum absolute atomic E-state index is 0.00373. The second-order valence-electron chi connectivity index (χ2n) is 6.82. The summed E-state index contributed by atoms with van der Waals surface area (Å²) in [6, 6.07) is 0.0682. The number of aliphatic hydroxyl groups is 1. The van der Waals surface area contributed by atoms with Crippen LogP contribution >= 0.6 is 0 Å². The van der Waals surface area contributed by atoms with Crippen LogP contribution < -0.4 is 11.0 Å². The Morgan fingerprint density at radius 1 is 1.33 bits per heavy atom. The van der Waals surface area contributed by atoms with Crippen LogP contribution in [0.15, 0.2) is 4.79 Å². The summed E-state index contributed by atoms with van der Waals surface area (Å²) in [5.74, 6) is 0.483. The van der Waals surface area contributed by atoms with Gasteiger partial charge in [0.2, 0.25) is 5.91 Å². The van der Waals surface area contributed by atoms with Crippen molar-refractivity contribution in [2.24, 2.45) is 5.92 Å². The number of hydrogen-bond acceptors (Lipinski definition) is 4. The summed E-state index contributed by atoms with van der Waals surface area (Å²) in [6.07, 6.45) is 7.50. The molecule has 1 aliphatic carbocycles. The van der Waals surface area contributed by atoms with Crippen LogP contribution in [-0.2, 0) is 11.2 Å². The maximum Gasteiger partial charge on any atom is 0.345 e. The highest BCUT2D eigenvalue weighted by molar-refractivity contribution is 5.76. The van der Waals surface area contributed by atoms with Gasteiger partial charge in [0, 0.05) is 30.5 Å². The Hall–Kier alpha value is -1.69. The van der Waals surface area contributed by atoms with Crippen molar-refractivity contribution in [2.45, 2.75) is 71.3 Å². The van der Waals surface area contributed by atoms with Crippen LogP contribution in [-0.4, -0.2) is 33.6 Å². The first-order chi connectivity index (χ1) is 11.5. The number of aromatic nitrogens is 2. The van der Waals surface area contributed by atoms with E-state index in [9.17, 15) is 14.7 Å². The highest BCUT2D eigenvalue weighted by Crippen LogP contribution is 2.27. The highest BCUT2D eigenvalue weighted by atomic mass is 16.3. The normalized spacial score (nSPS) is 16.8. The molecule has 1 atom stereocenters. The first-order valence-corrected chi connectivity index (χ1v) is 8.98. The van der Waals surface area contributed by atoms with E-state index in [2.05, 4.69) is 15.3 Å². The van der Waals surface area contributed by atoms with Crippen LogP contribution in [0.4, 0.5) is 0 Å². The van der Waals surface area contributed by atoms with Crippen molar-refractivity contribution in [1.29, 1.82) is 0 Å². The van der Waals surface area contributed by atoms with Gasteiger partial charge in [0.05, 0.1) is 0 Å². The molecule has 1 aromatic rings. The number of rotatable bonds is 7. The lowest BCUT2D eigenvalue weighted by Gasteiger charge is -2.30. The second-order valence-corrected chi connectivity index (χ2v) is 6.82. The minimum atomic E-state index is -0.349. The lowest BCUT2D eigenvalue weighted by atomic mass is 9.82. The minimum Gasteiger partial charge on any atom is -0.396 e. The molecule has 0 bridgehead atoms. The van der Waals surface area contributed by atoms with Crippen molar-refractivity contribution in [3.8, 4) is 0 Å². The van der Waals surface area contributed by atoms with Crippen molar-refractivity contribution < 1.29 is 9.90 Å². The van der Waals surface area contributed by atoms with Crippen molar-refractivity contribution in [2.75, 3.05) is 6.61 Å². The third kappa shape index (κ3) is 5.16. The molecule has 0 radical (unpaired) electrons. The molecule has 1 aromatic heterocycles. The average Bonchev–Trinajstić information content (AvgIpc) is 2.54. The number of aryl methyl sites for hydroxylation is 2. The summed E-state index contributed by atoms with van der Waals surface area (Å²) >= 11 is 0. The van der Waals surface area contributed by atoms with Crippen LogP contribution in [0, 0.1) is 19.8 Å². The molecular formula is C18H29N3O3. The third-order valence-corrected chi connectivity index (χ3v) is 5.06. The molecule has 0 aliphatic heterocycles. The zero-order chi connectivity index (χ0) is 17.5. The van der Waals surface area contributed by atoms with Crippen LogP contribution in [0.25, 0.3) is 0 Å². The molecule has 0 spiro atoms. The smallest absolute Gasteiger partial charge is 0.345 e. The maximum absolute atomic E-state index is 12.3. The molecule has 134 valence electrons. The molecule has 1 aliphatic rings. The zero-order valence-corrected chi connectivity index (χ0v) is 14.7. The molecule has 24 heavy (non-hydrogen) atoms. The summed E-state index contributed by atoms with van der Waals surface area (Å²) < 4.78 is 0. The lowest BCUT2D eigenvalue weighted by Crippen LogP contribution is -2.41. The summed E-state index contributed by atoms with van der Waals surface area (Å²) in [5.41, 5.74) is 2.04. The molecule has 1 heterocycles. The standard InChI is InChI=1S/C18H29N3O3/c1-12-15(13(2)20-18(24)19-12)8-9-17(23)21-16(10-11-22)14-6-4-3-5-7-14/h14,16,22H,3-11H2,1-2H3,(H,21,23)(H,19,20,24). The number of nitrogens with zero attached hydrogens (tertiary/aromatic N) is 1. The van der Waals surface area contributed by atoms with E-state index in [1.165, 1.54) is 19.3 Å². The van der Waals surface area contributed by atoms with Crippen molar-refractivity contribution in [3.05, 3.63) is 27.4 Å². The number of H-pyrrole nitrogens is 1. The van der Waals surface area contributed by atoms with Gasteiger partial charge in [-0.3, -0.25) is 4.79 Å². The van der Waals surface area contributed by atoms with Gasteiger partial charge in [-0.2, -0.15) is 4.98 Å². The number of carbonyl (C=O) groups excluding carboxylic acids is 1. The molecule has 0 saturated heterocycles. The fourth-order valence-electron chi connectivity index (χ4n) is 3.74. The number of aliphatic hydroxyl groups excluding tert-OH is 1. The van der Waals surface area contributed by atoms with Crippen molar-refractivity contribution in [1.82, 2.24) is 15.3 Å². The SMILES string of the molecule is Cc1nc(=O)[nH]c(C)c1CCC(=O)NC(CCO)C1CCCCC1. The molecular weight excluding hydrogens is 306 g/mol. The number of aromatic amines is 1. The van der Waals surface area contributed by atoms with Gasteiger partial charge in [0.15, 0.2) is 0 Å². The molecule has 1 saturated carbocycles. The molecule has 6 nitrogen and oxygen atoms in total. The number of nitrogens with one attached hydrogen (secondary N) is 2. The number of hydrogen-bond donors (Lipinski definition) is 3.